The maximum absolute atomic E-state index is 2.74. The van der Waals surface area contributed by atoms with Crippen molar-refractivity contribution in [3.8, 4) is 11.1 Å². The summed E-state index contributed by atoms with van der Waals surface area (Å²) in [4.78, 5) is 0. The number of fused-ring (bicyclic) bond motifs is 3. The van der Waals surface area contributed by atoms with Crippen LogP contribution in [0.2, 0.25) is 0 Å². The maximum atomic E-state index is 2.74. The quantitative estimate of drug-likeness (QED) is 0.324. The summed E-state index contributed by atoms with van der Waals surface area (Å²) in [5.74, 6) is 0.517. The van der Waals surface area contributed by atoms with Gasteiger partial charge in [-0.25, -0.2) is 0 Å². The minimum Gasteiger partial charge on any atom is -1.00 e. The summed E-state index contributed by atoms with van der Waals surface area (Å²) in [7, 11) is 0. The fourth-order valence-corrected chi connectivity index (χ4v) is 14.1. The van der Waals surface area contributed by atoms with Crippen molar-refractivity contribution in [2.75, 3.05) is 0 Å². The molecule has 0 N–H and O–H groups in total. The van der Waals surface area contributed by atoms with E-state index in [1.807, 2.05) is 0 Å². The van der Waals surface area contributed by atoms with Crippen molar-refractivity contribution < 1.29 is 46.1 Å². The molecule has 0 bridgehead atoms. The van der Waals surface area contributed by atoms with Gasteiger partial charge in [-0.15, -0.1) is 0 Å². The largest absolute Gasteiger partial charge is 1.00 e. The Kier molecular flexibility index (Phi) is 9.96. The predicted molar refractivity (Wildman–Crippen MR) is 159 cm³/mol. The molecule has 5 rings (SSSR count). The molecule has 39 heavy (non-hydrogen) atoms. The van der Waals surface area contributed by atoms with E-state index in [0.29, 0.717) is 5.92 Å². The summed E-state index contributed by atoms with van der Waals surface area (Å²) in [5.41, 5.74) is 12.4. The number of hydrogen-bond acceptors (Lipinski definition) is 0. The monoisotopic (exact) mass is 634 g/mol. The molecule has 2 aliphatic rings. The summed E-state index contributed by atoms with van der Waals surface area (Å²) >= 11 is -2.44. The topological polar surface area (TPSA) is 0 Å². The molecule has 0 aliphatic heterocycles. The molecule has 0 heterocycles. The van der Waals surface area contributed by atoms with Gasteiger partial charge in [-0.2, -0.15) is 0 Å². The van der Waals surface area contributed by atoms with E-state index in [9.17, 15) is 0 Å². The van der Waals surface area contributed by atoms with Gasteiger partial charge in [0.2, 0.25) is 0 Å². The average Bonchev–Trinajstić information content (AvgIpc) is 3.40. The summed E-state index contributed by atoms with van der Waals surface area (Å²) in [6.45, 7) is 18.9. The zero-order chi connectivity index (χ0) is 26.5. The molecular weight excluding hydrogens is 595 g/mol. The van der Waals surface area contributed by atoms with Crippen LogP contribution in [0, 0.1) is 11.3 Å². The van der Waals surface area contributed by atoms with Crippen LogP contribution in [0.4, 0.5) is 0 Å². The molecule has 0 aromatic heterocycles. The Morgan fingerprint density at radius 2 is 1.44 bits per heavy atom. The van der Waals surface area contributed by atoms with Gasteiger partial charge in [0, 0.05) is 0 Å². The first-order valence-electron chi connectivity index (χ1n) is 14.0. The Hall–Kier alpha value is -1.53. The summed E-state index contributed by atoms with van der Waals surface area (Å²) in [6.07, 6.45) is 4.80. The predicted octanol–water partition coefficient (Wildman–Crippen LogP) is 2.94. The smallest absolute Gasteiger partial charge is 1.00 e. The maximum Gasteiger partial charge on any atom is -1.00 e. The summed E-state index contributed by atoms with van der Waals surface area (Å²) < 4.78 is 6.21. The molecule has 3 aromatic carbocycles. The number of hydrogen-bond donors (Lipinski definition) is 0. The number of rotatable bonds is 4. The number of allylic oxidation sites excluding steroid dienone is 4. The Morgan fingerprint density at radius 3 is 2.05 bits per heavy atom. The first kappa shape index (κ1) is 32.0. The van der Waals surface area contributed by atoms with Crippen molar-refractivity contribution in [3.63, 3.8) is 0 Å². The van der Waals surface area contributed by atoms with E-state index in [2.05, 4.69) is 132 Å². The molecule has 0 fully saturated rings. The van der Waals surface area contributed by atoms with Gasteiger partial charge in [0.1, 0.15) is 0 Å². The van der Waals surface area contributed by atoms with Gasteiger partial charge >= 0.3 is 234 Å². The minimum absolute atomic E-state index is 0. The first-order chi connectivity index (χ1) is 17.5. The SMILES string of the molecule is CCC1=[C](/[Zr+2](=[CH]/c2ccc(C(C)(C)C)cc2)[c]2cccc3c2Cc2ccccc2-3)C(C)C=C1C(C)(C)C.[Cl-].[Cl-]. The fourth-order valence-electron chi connectivity index (χ4n) is 6.30. The van der Waals surface area contributed by atoms with Crippen LogP contribution in [0.15, 0.2) is 87.2 Å². The average molecular weight is 637 g/mol. The van der Waals surface area contributed by atoms with Crippen molar-refractivity contribution >= 4 is 6.98 Å². The van der Waals surface area contributed by atoms with Gasteiger partial charge in [-0.05, 0) is 0 Å². The van der Waals surface area contributed by atoms with E-state index >= 15 is 0 Å². The van der Waals surface area contributed by atoms with Gasteiger partial charge in [-0.1, -0.05) is 0 Å². The number of halogens is 2. The van der Waals surface area contributed by atoms with Crippen LogP contribution in [-0.4, -0.2) is 3.71 Å². The molecule has 2 aliphatic carbocycles. The molecule has 0 amide bonds. The van der Waals surface area contributed by atoms with Crippen molar-refractivity contribution in [3.05, 3.63) is 109 Å². The number of benzene rings is 3. The van der Waals surface area contributed by atoms with Crippen molar-refractivity contribution in [1.82, 2.24) is 0 Å². The minimum atomic E-state index is -2.44. The van der Waals surface area contributed by atoms with Gasteiger partial charge in [0.05, 0.1) is 0 Å². The van der Waals surface area contributed by atoms with Crippen molar-refractivity contribution in [2.24, 2.45) is 11.3 Å². The Bertz CT molecular complexity index is 1440. The van der Waals surface area contributed by atoms with Crippen LogP contribution in [0.1, 0.15) is 84.1 Å². The van der Waals surface area contributed by atoms with Crippen molar-refractivity contribution in [2.45, 2.75) is 73.6 Å². The third-order valence-electron chi connectivity index (χ3n) is 8.20. The standard InChI is InChI=1S/C13H9.C12H19.C11H14.2ClH.Zr/c1-3-7-12-10(5-1)9-11-6-2-4-8-13(11)12;1-6-10-7-9(2)8-11(10)12(3,4)5;1-9-5-7-10(8-6-9)11(2,3)4;;;/h1-5,7-8H,9H2;8-9H,6H2,1-5H3;1,5-8H,2-4H3;2*1H;/q;;;;;+2/p-2. The molecule has 204 valence electrons. The molecule has 1 atom stereocenters. The summed E-state index contributed by atoms with van der Waals surface area (Å²) in [6, 6.07) is 25.7. The molecule has 0 radical (unpaired) electrons. The molecule has 0 nitrogen and oxygen atoms in total. The molecular formula is C36H42Cl2Zr. The molecule has 1 unspecified atom stereocenters. The molecule has 0 saturated carbocycles. The second kappa shape index (κ2) is 12.1. The molecule has 0 saturated heterocycles. The Morgan fingerprint density at radius 1 is 0.795 bits per heavy atom. The van der Waals surface area contributed by atoms with Gasteiger partial charge < -0.3 is 24.8 Å². The molecule has 3 heteroatoms. The van der Waals surface area contributed by atoms with E-state index in [0.717, 1.165) is 12.8 Å². The van der Waals surface area contributed by atoms with E-state index in [-0.39, 0.29) is 35.6 Å². The third kappa shape index (κ3) is 6.22. The van der Waals surface area contributed by atoms with Gasteiger partial charge in [0.15, 0.2) is 0 Å². The van der Waals surface area contributed by atoms with Crippen LogP contribution in [0.5, 0.6) is 0 Å². The summed E-state index contributed by atoms with van der Waals surface area (Å²) in [5, 5.41) is 0. The zero-order valence-electron chi connectivity index (χ0n) is 24.8. The van der Waals surface area contributed by atoms with Crippen molar-refractivity contribution in [1.29, 1.82) is 0 Å². The molecule has 3 aromatic rings. The fraction of sp³-hybridized carbons (Fsp3) is 0.361. The normalized spacial score (nSPS) is 16.3. The first-order valence-corrected chi connectivity index (χ1v) is 17.9. The Balaban J connectivity index is 0.00000210. The zero-order valence-corrected chi connectivity index (χ0v) is 28.7. The van der Waals surface area contributed by atoms with Gasteiger partial charge in [-0.3, -0.25) is 0 Å². The van der Waals surface area contributed by atoms with Crippen LogP contribution >= 0.6 is 0 Å². The Labute approximate surface area is 257 Å². The van der Waals surface area contributed by atoms with Crippen LogP contribution in [-0.2, 0) is 33.1 Å². The molecule has 0 spiro atoms. The van der Waals surface area contributed by atoms with E-state index in [1.165, 1.54) is 27.8 Å². The van der Waals surface area contributed by atoms with Crippen LogP contribution in [0.25, 0.3) is 11.1 Å². The van der Waals surface area contributed by atoms with E-state index in [1.54, 1.807) is 23.3 Å². The third-order valence-corrected chi connectivity index (χ3v) is 15.6. The second-order valence-electron chi connectivity index (χ2n) is 13.0. The van der Waals surface area contributed by atoms with E-state index < -0.39 is 21.3 Å². The van der Waals surface area contributed by atoms with Crippen LogP contribution in [0.3, 0.4) is 0 Å². The van der Waals surface area contributed by atoms with Crippen LogP contribution < -0.4 is 28.1 Å². The van der Waals surface area contributed by atoms with Gasteiger partial charge in [0.25, 0.3) is 0 Å². The second-order valence-corrected chi connectivity index (χ2v) is 18.4. The van der Waals surface area contributed by atoms with E-state index in [4.69, 9.17) is 0 Å².